The minimum atomic E-state index is -4.22. The van der Waals surface area contributed by atoms with Crippen molar-refractivity contribution in [3.05, 3.63) is 34.9 Å². The predicted octanol–water partition coefficient (Wildman–Crippen LogP) is 3.10. The van der Waals surface area contributed by atoms with Gasteiger partial charge in [0, 0.05) is 17.1 Å². The van der Waals surface area contributed by atoms with Gasteiger partial charge >= 0.3 is 10.3 Å². The summed E-state index contributed by atoms with van der Waals surface area (Å²) in [6.07, 6.45) is 0.965. The molecule has 2 rings (SSSR count). The number of benzene rings is 1. The van der Waals surface area contributed by atoms with Gasteiger partial charge in [-0.05, 0) is 25.3 Å². The van der Waals surface area contributed by atoms with Crippen LogP contribution in [0.3, 0.4) is 0 Å². The van der Waals surface area contributed by atoms with E-state index in [1.165, 1.54) is 0 Å². The fraction of sp³-hybridized carbons (Fsp3) is 0.600. The third-order valence-electron chi connectivity index (χ3n) is 4.05. The number of ether oxygens (including phenoxy) is 2. The van der Waals surface area contributed by atoms with Crippen LogP contribution in [-0.2, 0) is 19.8 Å². The quantitative estimate of drug-likeness (QED) is 0.727. The Hall–Kier alpha value is -0.700. The van der Waals surface area contributed by atoms with Gasteiger partial charge < -0.3 is 9.47 Å². The monoisotopic (exact) mass is 363 g/mol. The molecule has 1 aliphatic heterocycles. The molecule has 0 saturated carbocycles. The second kappa shape index (κ2) is 7.46. The first kappa shape index (κ1) is 18.6. The summed E-state index contributed by atoms with van der Waals surface area (Å²) in [6.45, 7) is 4.01. The molecular formula is C15H22ClNO5S. The van der Waals surface area contributed by atoms with Crippen LogP contribution in [0.15, 0.2) is 24.3 Å². The van der Waals surface area contributed by atoms with Crippen molar-refractivity contribution in [1.82, 2.24) is 4.72 Å². The van der Waals surface area contributed by atoms with Crippen LogP contribution in [0, 0.1) is 0 Å². The van der Waals surface area contributed by atoms with E-state index in [4.69, 9.17) is 25.6 Å². The first-order chi connectivity index (χ1) is 10.8. The van der Waals surface area contributed by atoms with E-state index in [1.807, 2.05) is 32.0 Å². The number of hydrogen-bond donors (Lipinski definition) is 2. The molecule has 1 saturated heterocycles. The maximum Gasteiger partial charge on any atom is 0.333 e. The van der Waals surface area contributed by atoms with Gasteiger partial charge in [-0.15, -0.1) is 0 Å². The van der Waals surface area contributed by atoms with Crippen molar-refractivity contribution in [3.63, 3.8) is 0 Å². The smallest absolute Gasteiger partial charge is 0.333 e. The predicted molar refractivity (Wildman–Crippen MR) is 87.6 cm³/mol. The van der Waals surface area contributed by atoms with E-state index in [-0.39, 0.29) is 18.8 Å². The highest BCUT2D eigenvalue weighted by Gasteiger charge is 2.46. The largest absolute Gasteiger partial charge is 0.344 e. The second-order valence-electron chi connectivity index (χ2n) is 5.49. The topological polar surface area (TPSA) is 84.9 Å². The van der Waals surface area contributed by atoms with Crippen molar-refractivity contribution >= 4 is 21.9 Å². The molecule has 0 aliphatic carbocycles. The van der Waals surface area contributed by atoms with Crippen LogP contribution in [0.1, 0.15) is 44.8 Å². The number of nitrogens with one attached hydrogen (secondary N) is 1. The highest BCUT2D eigenvalue weighted by molar-refractivity contribution is 7.83. The van der Waals surface area contributed by atoms with Crippen LogP contribution in [0.5, 0.6) is 0 Å². The fourth-order valence-corrected chi connectivity index (χ4v) is 3.39. The van der Waals surface area contributed by atoms with Gasteiger partial charge in [0.25, 0.3) is 0 Å². The van der Waals surface area contributed by atoms with E-state index in [2.05, 4.69) is 4.72 Å². The Bertz CT molecular complexity index is 633. The van der Waals surface area contributed by atoms with Crippen molar-refractivity contribution in [3.8, 4) is 0 Å². The Morgan fingerprint density at radius 2 is 1.91 bits per heavy atom. The lowest BCUT2D eigenvalue weighted by Gasteiger charge is -2.25. The van der Waals surface area contributed by atoms with Gasteiger partial charge in [-0.2, -0.15) is 13.1 Å². The zero-order chi connectivity index (χ0) is 17.1. The highest BCUT2D eigenvalue weighted by atomic mass is 35.5. The van der Waals surface area contributed by atoms with E-state index in [9.17, 15) is 8.42 Å². The number of halogens is 1. The van der Waals surface area contributed by atoms with E-state index < -0.39 is 16.1 Å². The summed E-state index contributed by atoms with van der Waals surface area (Å²) >= 11 is 6.27. The van der Waals surface area contributed by atoms with Gasteiger partial charge in [-0.25, -0.2) is 0 Å². The molecule has 6 nitrogen and oxygen atoms in total. The molecule has 1 fully saturated rings. The number of rotatable bonds is 7. The Morgan fingerprint density at radius 3 is 2.48 bits per heavy atom. The zero-order valence-electron chi connectivity index (χ0n) is 13.2. The van der Waals surface area contributed by atoms with Gasteiger partial charge in [0.2, 0.25) is 0 Å². The summed E-state index contributed by atoms with van der Waals surface area (Å²) in [6, 6.07) is 7.37. The minimum absolute atomic E-state index is 0.0529. The zero-order valence-corrected chi connectivity index (χ0v) is 14.7. The normalized spacial score (nSPS) is 24.0. The summed E-state index contributed by atoms with van der Waals surface area (Å²) in [7, 11) is -4.22. The molecule has 1 aliphatic rings. The summed E-state index contributed by atoms with van der Waals surface area (Å²) in [5.74, 6) is -0.702. The summed E-state index contributed by atoms with van der Waals surface area (Å²) in [5.41, 5.74) is 0.815. The van der Waals surface area contributed by atoms with E-state index in [0.717, 1.165) is 5.56 Å². The SMILES string of the molecule is CCC1(CC)OC(CCNS(=O)(=O)O)C(c2ccccc2Cl)O1. The molecule has 0 aromatic heterocycles. The first-order valence-corrected chi connectivity index (χ1v) is 9.44. The van der Waals surface area contributed by atoms with Crippen LogP contribution < -0.4 is 4.72 Å². The maximum absolute atomic E-state index is 10.8. The van der Waals surface area contributed by atoms with Crippen molar-refractivity contribution in [2.45, 2.75) is 51.1 Å². The molecule has 0 spiro atoms. The van der Waals surface area contributed by atoms with Crippen LogP contribution in [0.4, 0.5) is 0 Å². The van der Waals surface area contributed by atoms with Crippen molar-refractivity contribution in [2.24, 2.45) is 0 Å². The standard InChI is InChI=1S/C15H22ClNO5S/c1-3-15(4-2)21-13(9-10-17-23(18,19)20)14(22-15)11-7-5-6-8-12(11)16/h5-8,13-14,17H,3-4,9-10H2,1-2H3,(H,18,19,20). The molecule has 23 heavy (non-hydrogen) atoms. The molecule has 1 aromatic rings. The molecule has 8 heteroatoms. The van der Waals surface area contributed by atoms with E-state index in [0.29, 0.717) is 24.3 Å². The van der Waals surface area contributed by atoms with Gasteiger partial charge in [-0.1, -0.05) is 43.6 Å². The first-order valence-electron chi connectivity index (χ1n) is 7.62. The molecule has 0 bridgehead atoms. The molecule has 2 atom stereocenters. The fourth-order valence-electron chi connectivity index (χ4n) is 2.77. The minimum Gasteiger partial charge on any atom is -0.344 e. The summed E-state index contributed by atoms with van der Waals surface area (Å²) < 4.78 is 44.7. The Balaban J connectivity index is 2.20. The van der Waals surface area contributed by atoms with E-state index >= 15 is 0 Å². The van der Waals surface area contributed by atoms with Crippen LogP contribution >= 0.6 is 11.6 Å². The third-order valence-corrected chi connectivity index (χ3v) is 4.96. The van der Waals surface area contributed by atoms with Crippen LogP contribution in [0.2, 0.25) is 5.02 Å². The molecule has 0 radical (unpaired) electrons. The lowest BCUT2D eigenvalue weighted by Crippen LogP contribution is -2.30. The molecule has 2 unspecified atom stereocenters. The van der Waals surface area contributed by atoms with Crippen LogP contribution in [-0.4, -0.2) is 31.4 Å². The van der Waals surface area contributed by atoms with Crippen molar-refractivity contribution < 1.29 is 22.4 Å². The van der Waals surface area contributed by atoms with Crippen molar-refractivity contribution in [1.29, 1.82) is 0 Å². The summed E-state index contributed by atoms with van der Waals surface area (Å²) in [5, 5.41) is 0.580. The Kier molecular flexibility index (Phi) is 6.05. The highest BCUT2D eigenvalue weighted by Crippen LogP contribution is 2.44. The Morgan fingerprint density at radius 1 is 1.26 bits per heavy atom. The lowest BCUT2D eigenvalue weighted by molar-refractivity contribution is -0.179. The average Bonchev–Trinajstić information content (AvgIpc) is 2.86. The van der Waals surface area contributed by atoms with Crippen LogP contribution in [0.25, 0.3) is 0 Å². The molecule has 0 amide bonds. The lowest BCUT2D eigenvalue weighted by atomic mass is 10.0. The summed E-state index contributed by atoms with van der Waals surface area (Å²) in [4.78, 5) is 0. The van der Waals surface area contributed by atoms with Gasteiger partial charge in [-0.3, -0.25) is 4.55 Å². The molecular weight excluding hydrogens is 342 g/mol. The molecule has 1 heterocycles. The van der Waals surface area contributed by atoms with E-state index in [1.54, 1.807) is 6.07 Å². The third kappa shape index (κ3) is 4.65. The maximum atomic E-state index is 10.8. The second-order valence-corrected chi connectivity index (χ2v) is 7.14. The molecule has 2 N–H and O–H groups in total. The van der Waals surface area contributed by atoms with Crippen molar-refractivity contribution in [2.75, 3.05) is 6.54 Å². The van der Waals surface area contributed by atoms with Gasteiger partial charge in [0.05, 0.1) is 6.10 Å². The molecule has 1 aromatic carbocycles. The average molecular weight is 364 g/mol. The number of hydrogen-bond acceptors (Lipinski definition) is 4. The molecule has 130 valence electrons. The Labute approximate surface area is 142 Å². The van der Waals surface area contributed by atoms with Gasteiger partial charge in [0.15, 0.2) is 5.79 Å². The van der Waals surface area contributed by atoms with Gasteiger partial charge in [0.1, 0.15) is 6.10 Å².